The highest BCUT2D eigenvalue weighted by Crippen LogP contribution is 2.32. The van der Waals surface area contributed by atoms with Crippen molar-refractivity contribution in [2.24, 2.45) is 11.8 Å². The lowest BCUT2D eigenvalue weighted by atomic mass is 10.0. The highest BCUT2D eigenvalue weighted by molar-refractivity contribution is 6.06. The van der Waals surface area contributed by atoms with Gasteiger partial charge in [0, 0.05) is 37.8 Å². The predicted molar refractivity (Wildman–Crippen MR) is 128 cm³/mol. The Bertz CT molecular complexity index is 1080. The van der Waals surface area contributed by atoms with Crippen LogP contribution in [0, 0.1) is 18.8 Å². The van der Waals surface area contributed by atoms with Crippen LogP contribution >= 0.6 is 24.8 Å². The Labute approximate surface area is 195 Å². The van der Waals surface area contributed by atoms with Gasteiger partial charge in [-0.25, -0.2) is 9.67 Å². The zero-order valence-corrected chi connectivity index (χ0v) is 19.7. The molecule has 0 bridgehead atoms. The minimum absolute atomic E-state index is 0. The van der Waals surface area contributed by atoms with E-state index in [0.29, 0.717) is 17.4 Å². The number of aryl methyl sites for hydroxylation is 1. The number of amides is 1. The number of nitrogens with one attached hydrogen (secondary N) is 1. The van der Waals surface area contributed by atoms with Gasteiger partial charge < -0.3 is 10.2 Å². The average molecular weight is 462 g/mol. The van der Waals surface area contributed by atoms with Crippen molar-refractivity contribution in [1.82, 2.24) is 25.0 Å². The Morgan fingerprint density at radius 1 is 1.13 bits per heavy atom. The lowest BCUT2D eigenvalue weighted by Crippen LogP contribution is -2.32. The quantitative estimate of drug-likeness (QED) is 0.636. The number of halogens is 2. The maximum absolute atomic E-state index is 13.6. The van der Waals surface area contributed by atoms with Crippen molar-refractivity contribution in [3.63, 3.8) is 0 Å². The number of rotatable bonds is 3. The number of aromatic nitrogens is 3. The summed E-state index contributed by atoms with van der Waals surface area (Å²) in [5.41, 5.74) is 4.54. The van der Waals surface area contributed by atoms with E-state index in [4.69, 9.17) is 4.98 Å². The van der Waals surface area contributed by atoms with Crippen molar-refractivity contribution in [2.75, 3.05) is 26.2 Å². The van der Waals surface area contributed by atoms with E-state index in [1.54, 1.807) is 6.20 Å². The van der Waals surface area contributed by atoms with Crippen LogP contribution in [0.4, 0.5) is 0 Å². The summed E-state index contributed by atoms with van der Waals surface area (Å²) in [6.45, 7) is 9.95. The topological polar surface area (TPSA) is 63.1 Å². The van der Waals surface area contributed by atoms with Gasteiger partial charge in [-0.05, 0) is 44.2 Å². The molecule has 0 spiro atoms. The van der Waals surface area contributed by atoms with Crippen LogP contribution in [0.5, 0.6) is 0 Å². The van der Waals surface area contributed by atoms with E-state index in [0.717, 1.165) is 54.0 Å². The number of hydrogen-bond donors (Lipinski definition) is 1. The lowest BCUT2D eigenvalue weighted by Gasteiger charge is -2.19. The smallest absolute Gasteiger partial charge is 0.254 e. The molecule has 166 valence electrons. The molecule has 2 saturated heterocycles. The summed E-state index contributed by atoms with van der Waals surface area (Å²) in [5, 5.41) is 8.84. The monoisotopic (exact) mass is 461 g/mol. The molecule has 2 aromatic heterocycles. The highest BCUT2D eigenvalue weighted by atomic mass is 35.5. The summed E-state index contributed by atoms with van der Waals surface area (Å²) in [4.78, 5) is 20.5. The Balaban J connectivity index is 0.00000136. The first kappa shape index (κ1) is 23.5. The molecular formula is C23H29Cl2N5O. The molecular weight excluding hydrogens is 433 g/mol. The van der Waals surface area contributed by atoms with Gasteiger partial charge in [0.2, 0.25) is 0 Å². The molecule has 2 aliphatic heterocycles. The van der Waals surface area contributed by atoms with E-state index in [9.17, 15) is 4.79 Å². The molecule has 8 heteroatoms. The summed E-state index contributed by atoms with van der Waals surface area (Å²) >= 11 is 0. The molecule has 1 amide bonds. The standard InChI is InChI=1S/C23H27N5O.2ClH/c1-14(2)28-22-20(11-25-28)19(8-21(26-22)18-7-5-4-6-15(18)3)23(29)27-12-16-9-24-10-17(16)13-27;;/h4-8,11,14,16-17,24H,9-10,12-13H2,1-3H3;2*1H/t16-,17+;;. The molecule has 2 fully saturated rings. The molecule has 0 saturated carbocycles. The third kappa shape index (κ3) is 4.04. The van der Waals surface area contributed by atoms with Crippen LogP contribution in [-0.2, 0) is 0 Å². The molecule has 6 nitrogen and oxygen atoms in total. The molecule has 0 radical (unpaired) electrons. The fourth-order valence-corrected chi connectivity index (χ4v) is 4.76. The number of hydrogen-bond acceptors (Lipinski definition) is 4. The molecule has 1 aromatic carbocycles. The van der Waals surface area contributed by atoms with Gasteiger partial charge in [0.15, 0.2) is 5.65 Å². The Kier molecular flexibility index (Phi) is 6.94. The van der Waals surface area contributed by atoms with Crippen LogP contribution in [0.25, 0.3) is 22.3 Å². The predicted octanol–water partition coefficient (Wildman–Crippen LogP) is 4.12. The SMILES string of the molecule is Cc1ccccc1-c1cc(C(=O)N2C[C@H]3CNC[C@H]3C2)c2cnn(C(C)C)c2n1.Cl.Cl. The fraction of sp³-hybridized carbons (Fsp3) is 0.435. The number of carbonyl (C=O) groups excluding carboxylic acids is 1. The van der Waals surface area contributed by atoms with Gasteiger partial charge in [0.05, 0.1) is 22.8 Å². The molecule has 2 aliphatic rings. The van der Waals surface area contributed by atoms with Crippen LogP contribution < -0.4 is 5.32 Å². The first-order valence-electron chi connectivity index (χ1n) is 10.5. The van der Waals surface area contributed by atoms with Gasteiger partial charge in [-0.3, -0.25) is 4.79 Å². The second-order valence-corrected chi connectivity index (χ2v) is 8.68. The van der Waals surface area contributed by atoms with E-state index in [-0.39, 0.29) is 36.8 Å². The van der Waals surface area contributed by atoms with Crippen molar-refractivity contribution in [3.05, 3.63) is 47.7 Å². The zero-order valence-electron chi connectivity index (χ0n) is 18.0. The van der Waals surface area contributed by atoms with Crippen molar-refractivity contribution in [2.45, 2.75) is 26.8 Å². The van der Waals surface area contributed by atoms with Gasteiger partial charge in [-0.2, -0.15) is 5.10 Å². The number of likely N-dealkylation sites (tertiary alicyclic amines) is 1. The van der Waals surface area contributed by atoms with E-state index < -0.39 is 0 Å². The molecule has 0 aliphatic carbocycles. The maximum atomic E-state index is 13.6. The minimum Gasteiger partial charge on any atom is -0.338 e. The second kappa shape index (κ2) is 9.15. The largest absolute Gasteiger partial charge is 0.338 e. The zero-order chi connectivity index (χ0) is 20.1. The van der Waals surface area contributed by atoms with E-state index in [2.05, 4.69) is 43.3 Å². The van der Waals surface area contributed by atoms with Crippen LogP contribution in [0.3, 0.4) is 0 Å². The van der Waals surface area contributed by atoms with Gasteiger partial charge in [-0.15, -0.1) is 24.8 Å². The van der Waals surface area contributed by atoms with Gasteiger partial charge in [0.1, 0.15) is 0 Å². The summed E-state index contributed by atoms with van der Waals surface area (Å²) in [7, 11) is 0. The fourth-order valence-electron chi connectivity index (χ4n) is 4.76. The summed E-state index contributed by atoms with van der Waals surface area (Å²) in [6.07, 6.45) is 1.80. The first-order valence-corrected chi connectivity index (χ1v) is 10.5. The number of carbonyl (C=O) groups is 1. The van der Waals surface area contributed by atoms with Crippen LogP contribution in [0.15, 0.2) is 36.5 Å². The van der Waals surface area contributed by atoms with Gasteiger partial charge in [0.25, 0.3) is 5.91 Å². The van der Waals surface area contributed by atoms with Crippen LogP contribution in [-0.4, -0.2) is 51.8 Å². The number of fused-ring (bicyclic) bond motifs is 2. The normalized spacial score (nSPS) is 19.9. The van der Waals surface area contributed by atoms with E-state index in [1.165, 1.54) is 0 Å². The highest BCUT2D eigenvalue weighted by Gasteiger charge is 2.38. The maximum Gasteiger partial charge on any atom is 0.254 e. The van der Waals surface area contributed by atoms with Gasteiger partial charge >= 0.3 is 0 Å². The molecule has 3 aromatic rings. The average Bonchev–Trinajstić information content (AvgIpc) is 3.41. The Hall–Kier alpha value is -2.15. The third-order valence-electron chi connectivity index (χ3n) is 6.38. The Morgan fingerprint density at radius 3 is 2.45 bits per heavy atom. The number of nitrogens with zero attached hydrogens (tertiary/aromatic N) is 4. The molecule has 2 atom stereocenters. The van der Waals surface area contributed by atoms with Crippen molar-refractivity contribution >= 4 is 41.8 Å². The van der Waals surface area contributed by atoms with Gasteiger partial charge in [-0.1, -0.05) is 24.3 Å². The first-order chi connectivity index (χ1) is 14.0. The molecule has 31 heavy (non-hydrogen) atoms. The number of pyridine rings is 1. The van der Waals surface area contributed by atoms with E-state index >= 15 is 0 Å². The summed E-state index contributed by atoms with van der Waals surface area (Å²) in [5.74, 6) is 1.25. The molecule has 4 heterocycles. The van der Waals surface area contributed by atoms with Crippen molar-refractivity contribution in [3.8, 4) is 11.3 Å². The summed E-state index contributed by atoms with van der Waals surface area (Å²) < 4.78 is 1.91. The second-order valence-electron chi connectivity index (χ2n) is 8.68. The van der Waals surface area contributed by atoms with Crippen LogP contribution in [0.1, 0.15) is 35.8 Å². The van der Waals surface area contributed by atoms with Crippen LogP contribution in [0.2, 0.25) is 0 Å². The number of benzene rings is 1. The third-order valence-corrected chi connectivity index (χ3v) is 6.38. The molecule has 5 rings (SSSR count). The minimum atomic E-state index is 0. The molecule has 1 N–H and O–H groups in total. The Morgan fingerprint density at radius 2 is 1.81 bits per heavy atom. The summed E-state index contributed by atoms with van der Waals surface area (Å²) in [6, 6.07) is 10.3. The molecule has 0 unspecified atom stereocenters. The van der Waals surface area contributed by atoms with Crippen molar-refractivity contribution in [1.29, 1.82) is 0 Å². The van der Waals surface area contributed by atoms with E-state index in [1.807, 2.05) is 27.8 Å². The lowest BCUT2D eigenvalue weighted by molar-refractivity contribution is 0.0783. The van der Waals surface area contributed by atoms with Crippen molar-refractivity contribution < 1.29 is 4.79 Å².